The van der Waals surface area contributed by atoms with Crippen molar-refractivity contribution in [1.82, 2.24) is 5.32 Å². The zero-order chi connectivity index (χ0) is 13.0. The van der Waals surface area contributed by atoms with Crippen LogP contribution in [0, 0.1) is 5.92 Å². The summed E-state index contributed by atoms with van der Waals surface area (Å²) in [6, 6.07) is 6.87. The second-order valence-electron chi connectivity index (χ2n) is 5.01. The maximum absolute atomic E-state index is 5.30. The monoisotopic (exact) mass is 249 g/mol. The molecule has 1 aliphatic rings. The van der Waals surface area contributed by atoms with E-state index in [1.165, 1.54) is 11.1 Å². The first-order valence-electron chi connectivity index (χ1n) is 6.65. The van der Waals surface area contributed by atoms with Crippen molar-refractivity contribution in [1.29, 1.82) is 0 Å². The molecule has 2 unspecified atom stereocenters. The first kappa shape index (κ1) is 13.4. The Labute approximate surface area is 109 Å². The van der Waals surface area contributed by atoms with Gasteiger partial charge in [0, 0.05) is 19.8 Å². The minimum Gasteiger partial charge on any atom is -0.497 e. The molecular formula is C15H23NO2. The van der Waals surface area contributed by atoms with E-state index in [0.29, 0.717) is 12.0 Å². The maximum atomic E-state index is 5.30. The van der Waals surface area contributed by atoms with Gasteiger partial charge in [0.1, 0.15) is 5.75 Å². The number of methoxy groups -OCH3 is 2. The lowest BCUT2D eigenvalue weighted by atomic mass is 9.85. The molecule has 0 bridgehead atoms. The molecule has 0 amide bonds. The average Bonchev–Trinajstić information content (AvgIpc) is 2.43. The summed E-state index contributed by atoms with van der Waals surface area (Å²) in [5.74, 6) is 1.54. The Morgan fingerprint density at radius 1 is 1.39 bits per heavy atom. The van der Waals surface area contributed by atoms with Gasteiger partial charge in [0.05, 0.1) is 7.11 Å². The minimum absolute atomic E-state index is 0.440. The first-order chi connectivity index (χ1) is 8.76. The molecule has 1 heterocycles. The Kier molecular flexibility index (Phi) is 4.61. The standard InChI is InChI=1S/C15H23NO2/c1-11(7-9-17-2)15-14-5-4-13(18-3)10-12(14)6-8-16-15/h4-5,10-11,15-16H,6-9H2,1-3H3. The zero-order valence-corrected chi connectivity index (χ0v) is 11.5. The highest BCUT2D eigenvalue weighted by Gasteiger charge is 2.24. The fraction of sp³-hybridized carbons (Fsp3) is 0.600. The summed E-state index contributed by atoms with van der Waals surface area (Å²) in [4.78, 5) is 0. The number of hydrogen-bond donors (Lipinski definition) is 1. The van der Waals surface area contributed by atoms with E-state index in [0.717, 1.165) is 31.7 Å². The van der Waals surface area contributed by atoms with E-state index in [2.05, 4.69) is 30.4 Å². The van der Waals surface area contributed by atoms with Gasteiger partial charge < -0.3 is 14.8 Å². The van der Waals surface area contributed by atoms with E-state index in [9.17, 15) is 0 Å². The van der Waals surface area contributed by atoms with Crippen molar-refractivity contribution in [3.63, 3.8) is 0 Å². The Balaban J connectivity index is 2.17. The van der Waals surface area contributed by atoms with Crippen LogP contribution in [0.4, 0.5) is 0 Å². The van der Waals surface area contributed by atoms with Crippen LogP contribution in [0.1, 0.15) is 30.5 Å². The van der Waals surface area contributed by atoms with Crippen LogP contribution in [-0.4, -0.2) is 27.4 Å². The van der Waals surface area contributed by atoms with Gasteiger partial charge in [-0.25, -0.2) is 0 Å². The molecule has 0 saturated carbocycles. The third kappa shape index (κ3) is 2.85. The third-order valence-electron chi connectivity index (χ3n) is 3.79. The van der Waals surface area contributed by atoms with Crippen LogP contribution >= 0.6 is 0 Å². The van der Waals surface area contributed by atoms with Crippen LogP contribution in [0.2, 0.25) is 0 Å². The second kappa shape index (κ2) is 6.21. The van der Waals surface area contributed by atoms with Gasteiger partial charge in [0.25, 0.3) is 0 Å². The largest absolute Gasteiger partial charge is 0.497 e. The van der Waals surface area contributed by atoms with Crippen LogP contribution in [0.15, 0.2) is 18.2 Å². The molecular weight excluding hydrogens is 226 g/mol. The second-order valence-corrected chi connectivity index (χ2v) is 5.01. The van der Waals surface area contributed by atoms with Crippen molar-refractivity contribution < 1.29 is 9.47 Å². The van der Waals surface area contributed by atoms with Crippen LogP contribution in [-0.2, 0) is 11.2 Å². The molecule has 2 atom stereocenters. The lowest BCUT2D eigenvalue weighted by Gasteiger charge is -2.31. The predicted octanol–water partition coefficient (Wildman–Crippen LogP) is 2.55. The SMILES string of the molecule is COCCC(C)C1NCCc2cc(OC)ccc21. The average molecular weight is 249 g/mol. The Bertz CT molecular complexity index is 392. The maximum Gasteiger partial charge on any atom is 0.119 e. The molecule has 0 radical (unpaired) electrons. The van der Waals surface area contributed by atoms with E-state index < -0.39 is 0 Å². The zero-order valence-electron chi connectivity index (χ0n) is 11.5. The summed E-state index contributed by atoms with van der Waals surface area (Å²) < 4.78 is 10.5. The highest BCUT2D eigenvalue weighted by molar-refractivity contribution is 5.39. The highest BCUT2D eigenvalue weighted by atomic mass is 16.5. The van der Waals surface area contributed by atoms with E-state index in [4.69, 9.17) is 9.47 Å². The molecule has 2 rings (SSSR count). The molecule has 3 nitrogen and oxygen atoms in total. The van der Waals surface area contributed by atoms with Gasteiger partial charge in [-0.05, 0) is 48.6 Å². The number of rotatable bonds is 5. The lowest BCUT2D eigenvalue weighted by Crippen LogP contribution is -2.34. The normalized spacial score (nSPS) is 20.3. The number of benzene rings is 1. The highest BCUT2D eigenvalue weighted by Crippen LogP contribution is 2.32. The summed E-state index contributed by atoms with van der Waals surface area (Å²) in [5.41, 5.74) is 2.84. The molecule has 0 aromatic heterocycles. The Hall–Kier alpha value is -1.06. The van der Waals surface area contributed by atoms with Gasteiger partial charge in [-0.2, -0.15) is 0 Å². The van der Waals surface area contributed by atoms with Crippen molar-refractivity contribution in [3.05, 3.63) is 29.3 Å². The van der Waals surface area contributed by atoms with E-state index >= 15 is 0 Å². The summed E-state index contributed by atoms with van der Waals surface area (Å²) in [7, 11) is 3.49. The Morgan fingerprint density at radius 3 is 2.94 bits per heavy atom. The molecule has 100 valence electrons. The summed E-state index contributed by atoms with van der Waals surface area (Å²) in [6.45, 7) is 4.16. The minimum atomic E-state index is 0.440. The van der Waals surface area contributed by atoms with Crippen molar-refractivity contribution in [2.75, 3.05) is 27.4 Å². The predicted molar refractivity (Wildman–Crippen MR) is 73.1 cm³/mol. The van der Waals surface area contributed by atoms with Crippen LogP contribution in [0.3, 0.4) is 0 Å². The fourth-order valence-electron chi connectivity index (χ4n) is 2.68. The summed E-state index contributed by atoms with van der Waals surface area (Å²) in [5, 5.41) is 3.63. The molecule has 1 aliphatic heterocycles. The van der Waals surface area contributed by atoms with Gasteiger partial charge in [-0.1, -0.05) is 13.0 Å². The van der Waals surface area contributed by atoms with Gasteiger partial charge in [-0.3, -0.25) is 0 Å². The quantitative estimate of drug-likeness (QED) is 0.870. The van der Waals surface area contributed by atoms with Crippen molar-refractivity contribution in [2.45, 2.75) is 25.8 Å². The van der Waals surface area contributed by atoms with E-state index in [1.54, 1.807) is 14.2 Å². The van der Waals surface area contributed by atoms with E-state index in [1.807, 2.05) is 0 Å². The molecule has 1 aromatic carbocycles. The van der Waals surface area contributed by atoms with Crippen LogP contribution in [0.25, 0.3) is 0 Å². The van der Waals surface area contributed by atoms with Crippen LogP contribution < -0.4 is 10.1 Å². The number of hydrogen-bond acceptors (Lipinski definition) is 3. The summed E-state index contributed by atoms with van der Waals surface area (Å²) >= 11 is 0. The molecule has 18 heavy (non-hydrogen) atoms. The topological polar surface area (TPSA) is 30.5 Å². The number of nitrogens with one attached hydrogen (secondary N) is 1. The molecule has 0 spiro atoms. The Morgan fingerprint density at radius 2 is 2.22 bits per heavy atom. The smallest absolute Gasteiger partial charge is 0.119 e. The van der Waals surface area contributed by atoms with Gasteiger partial charge >= 0.3 is 0 Å². The first-order valence-corrected chi connectivity index (χ1v) is 6.65. The van der Waals surface area contributed by atoms with E-state index in [-0.39, 0.29) is 0 Å². The van der Waals surface area contributed by atoms with Gasteiger partial charge in [-0.15, -0.1) is 0 Å². The molecule has 0 fully saturated rings. The number of fused-ring (bicyclic) bond motifs is 1. The molecule has 1 aromatic rings. The van der Waals surface area contributed by atoms with Crippen molar-refractivity contribution in [3.8, 4) is 5.75 Å². The molecule has 0 saturated heterocycles. The summed E-state index contributed by atoms with van der Waals surface area (Å²) in [6.07, 6.45) is 2.17. The lowest BCUT2D eigenvalue weighted by molar-refractivity contribution is 0.169. The van der Waals surface area contributed by atoms with Gasteiger partial charge in [0.15, 0.2) is 0 Å². The number of ether oxygens (including phenoxy) is 2. The molecule has 3 heteroatoms. The van der Waals surface area contributed by atoms with Crippen LogP contribution in [0.5, 0.6) is 5.75 Å². The third-order valence-corrected chi connectivity index (χ3v) is 3.79. The van der Waals surface area contributed by atoms with Crippen molar-refractivity contribution in [2.24, 2.45) is 5.92 Å². The molecule has 1 N–H and O–H groups in total. The van der Waals surface area contributed by atoms with Gasteiger partial charge in [0.2, 0.25) is 0 Å². The fourth-order valence-corrected chi connectivity index (χ4v) is 2.68. The molecule has 0 aliphatic carbocycles. The van der Waals surface area contributed by atoms with Crippen molar-refractivity contribution >= 4 is 0 Å².